The summed E-state index contributed by atoms with van der Waals surface area (Å²) >= 11 is 6.03. The molecule has 0 spiro atoms. The lowest BCUT2D eigenvalue weighted by molar-refractivity contribution is -0.120. The smallest absolute Gasteiger partial charge is 0.248 e. The first-order chi connectivity index (χ1) is 9.99. The number of hydrogen-bond donors (Lipinski definition) is 1. The number of amides is 1. The first-order valence-electron chi connectivity index (χ1n) is 6.77. The van der Waals surface area contributed by atoms with Crippen LogP contribution in [-0.4, -0.2) is 22.7 Å². The molecule has 0 saturated heterocycles. The van der Waals surface area contributed by atoms with Gasteiger partial charge in [0.1, 0.15) is 6.04 Å². The summed E-state index contributed by atoms with van der Waals surface area (Å²) in [6.45, 7) is 2.59. The van der Waals surface area contributed by atoms with Crippen molar-refractivity contribution in [3.8, 4) is 0 Å². The van der Waals surface area contributed by atoms with Crippen LogP contribution in [-0.2, 0) is 18.4 Å². The van der Waals surface area contributed by atoms with Gasteiger partial charge in [-0.05, 0) is 30.7 Å². The largest absolute Gasteiger partial charge is 0.314 e. The molecule has 1 aliphatic rings. The highest BCUT2D eigenvalue weighted by Gasteiger charge is 2.33. The fourth-order valence-electron chi connectivity index (χ4n) is 2.62. The maximum atomic E-state index is 12.7. The Balaban J connectivity index is 1.87. The van der Waals surface area contributed by atoms with E-state index in [0.29, 0.717) is 11.6 Å². The Hall–Kier alpha value is -1.85. The molecule has 1 aromatic heterocycles. The molecule has 110 valence electrons. The lowest BCUT2D eigenvalue weighted by atomic mass is 10.1. The summed E-state index contributed by atoms with van der Waals surface area (Å²) in [5.74, 6) is 0.00322. The molecule has 3 rings (SSSR count). The number of fused-ring (bicyclic) bond motifs is 1. The highest BCUT2D eigenvalue weighted by atomic mass is 35.5. The van der Waals surface area contributed by atoms with Crippen LogP contribution in [0.3, 0.4) is 0 Å². The van der Waals surface area contributed by atoms with Crippen LogP contribution in [0.4, 0.5) is 5.69 Å². The summed E-state index contributed by atoms with van der Waals surface area (Å²) in [5, 5.41) is 8.16. The average molecular weight is 305 g/mol. The zero-order valence-corrected chi connectivity index (χ0v) is 13.0. The van der Waals surface area contributed by atoms with Gasteiger partial charge in [-0.25, -0.2) is 0 Å². The molecule has 2 heterocycles. The summed E-state index contributed by atoms with van der Waals surface area (Å²) < 4.78 is 1.81. The molecule has 0 saturated carbocycles. The second kappa shape index (κ2) is 5.16. The Labute approximate surface area is 128 Å². The maximum Gasteiger partial charge on any atom is 0.248 e. The number of aryl methyl sites for hydroxylation is 2. The minimum atomic E-state index is -0.338. The Morgan fingerprint density at radius 1 is 1.52 bits per heavy atom. The molecular formula is C15H17ClN4O. The van der Waals surface area contributed by atoms with Crippen LogP contribution in [0.2, 0.25) is 5.02 Å². The molecule has 0 unspecified atom stereocenters. The van der Waals surface area contributed by atoms with Crippen molar-refractivity contribution in [1.29, 1.82) is 0 Å². The predicted molar refractivity (Wildman–Crippen MR) is 82.4 cm³/mol. The van der Waals surface area contributed by atoms with Gasteiger partial charge in [0.25, 0.3) is 0 Å². The Bertz CT molecular complexity index is 710. The van der Waals surface area contributed by atoms with E-state index >= 15 is 0 Å². The van der Waals surface area contributed by atoms with E-state index in [1.807, 2.05) is 36.9 Å². The summed E-state index contributed by atoms with van der Waals surface area (Å²) in [7, 11) is 3.67. The minimum absolute atomic E-state index is 0.00322. The first kappa shape index (κ1) is 14.1. The van der Waals surface area contributed by atoms with Crippen LogP contribution in [0.5, 0.6) is 0 Å². The second-order valence-electron chi connectivity index (χ2n) is 5.31. The molecule has 1 amide bonds. The van der Waals surface area contributed by atoms with Gasteiger partial charge < -0.3 is 4.90 Å². The molecule has 5 nitrogen and oxygen atoms in total. The van der Waals surface area contributed by atoms with E-state index in [0.717, 1.165) is 22.5 Å². The van der Waals surface area contributed by atoms with E-state index in [1.54, 1.807) is 18.1 Å². The van der Waals surface area contributed by atoms with Crippen LogP contribution in [0.1, 0.15) is 22.9 Å². The van der Waals surface area contributed by atoms with E-state index in [9.17, 15) is 4.79 Å². The minimum Gasteiger partial charge on any atom is -0.314 e. The van der Waals surface area contributed by atoms with Crippen molar-refractivity contribution in [2.24, 2.45) is 7.05 Å². The van der Waals surface area contributed by atoms with Crippen molar-refractivity contribution >= 4 is 23.2 Å². The Morgan fingerprint density at radius 2 is 2.29 bits per heavy atom. The van der Waals surface area contributed by atoms with E-state index < -0.39 is 0 Å². The number of anilines is 1. The number of hydrogen-bond acceptors (Lipinski definition) is 3. The average Bonchev–Trinajstić information content (AvgIpc) is 3.04. The monoisotopic (exact) mass is 304 g/mol. The van der Waals surface area contributed by atoms with Crippen molar-refractivity contribution in [3.63, 3.8) is 0 Å². The van der Waals surface area contributed by atoms with Gasteiger partial charge in [-0.3, -0.25) is 14.8 Å². The number of aromatic nitrogens is 2. The SMILES string of the molecule is Cc1cc(N(C)C(=O)[C@H]2NCc3c2cnn3C)ccc1Cl. The summed E-state index contributed by atoms with van der Waals surface area (Å²) in [6.07, 6.45) is 1.76. The van der Waals surface area contributed by atoms with Gasteiger partial charge in [0.2, 0.25) is 5.91 Å². The fourth-order valence-corrected chi connectivity index (χ4v) is 2.74. The lowest BCUT2D eigenvalue weighted by Crippen LogP contribution is -2.35. The number of carbonyl (C=O) groups excluding carboxylic acids is 1. The van der Waals surface area contributed by atoms with Gasteiger partial charge in [0.15, 0.2) is 0 Å². The molecule has 21 heavy (non-hydrogen) atoms. The van der Waals surface area contributed by atoms with Crippen molar-refractivity contribution in [1.82, 2.24) is 15.1 Å². The molecule has 1 N–H and O–H groups in total. The van der Waals surface area contributed by atoms with Gasteiger partial charge in [0, 0.05) is 36.9 Å². The quantitative estimate of drug-likeness (QED) is 0.925. The molecule has 2 aromatic rings. The normalized spacial score (nSPS) is 16.9. The number of halogens is 1. The number of rotatable bonds is 2. The topological polar surface area (TPSA) is 50.2 Å². The van der Waals surface area contributed by atoms with Gasteiger partial charge >= 0.3 is 0 Å². The third-order valence-corrected chi connectivity index (χ3v) is 4.41. The number of carbonyl (C=O) groups is 1. The van der Waals surface area contributed by atoms with E-state index in [4.69, 9.17) is 11.6 Å². The lowest BCUT2D eigenvalue weighted by Gasteiger charge is -2.22. The molecule has 6 heteroatoms. The molecule has 1 atom stereocenters. The fraction of sp³-hybridized carbons (Fsp3) is 0.333. The summed E-state index contributed by atoms with van der Waals surface area (Å²) in [6, 6.07) is 5.24. The predicted octanol–water partition coefficient (Wildman–Crippen LogP) is 2.19. The Kier molecular flexibility index (Phi) is 3.47. The van der Waals surface area contributed by atoms with Crippen LogP contribution >= 0.6 is 11.6 Å². The Morgan fingerprint density at radius 3 is 3.00 bits per heavy atom. The van der Waals surface area contributed by atoms with Crippen molar-refractivity contribution in [2.45, 2.75) is 19.5 Å². The van der Waals surface area contributed by atoms with Gasteiger partial charge in [0.05, 0.1) is 11.9 Å². The van der Waals surface area contributed by atoms with Gasteiger partial charge in [-0.2, -0.15) is 5.10 Å². The van der Waals surface area contributed by atoms with E-state index in [2.05, 4.69) is 10.4 Å². The number of benzene rings is 1. The van der Waals surface area contributed by atoms with E-state index in [-0.39, 0.29) is 11.9 Å². The number of nitrogens with zero attached hydrogens (tertiary/aromatic N) is 3. The highest BCUT2D eigenvalue weighted by Crippen LogP contribution is 2.28. The second-order valence-corrected chi connectivity index (χ2v) is 5.72. The molecule has 0 aliphatic carbocycles. The third-order valence-electron chi connectivity index (χ3n) is 3.98. The zero-order valence-electron chi connectivity index (χ0n) is 12.2. The van der Waals surface area contributed by atoms with Gasteiger partial charge in [-0.15, -0.1) is 0 Å². The standard InChI is InChI=1S/C15H17ClN4O/c1-9-6-10(4-5-12(9)16)19(2)15(21)14-11-7-18-20(3)13(11)8-17-14/h4-7,14,17H,8H2,1-3H3/t14-/m0/s1. The molecule has 1 aliphatic heterocycles. The highest BCUT2D eigenvalue weighted by molar-refractivity contribution is 6.31. The van der Waals surface area contributed by atoms with Crippen LogP contribution in [0.15, 0.2) is 24.4 Å². The van der Waals surface area contributed by atoms with Crippen molar-refractivity contribution in [2.75, 3.05) is 11.9 Å². The molecule has 0 fully saturated rings. The van der Waals surface area contributed by atoms with Crippen LogP contribution in [0, 0.1) is 6.92 Å². The van der Waals surface area contributed by atoms with E-state index in [1.165, 1.54) is 0 Å². The summed E-state index contributed by atoms with van der Waals surface area (Å²) in [4.78, 5) is 14.4. The third kappa shape index (κ3) is 2.32. The van der Waals surface area contributed by atoms with Crippen LogP contribution < -0.4 is 10.2 Å². The maximum absolute atomic E-state index is 12.7. The number of nitrogens with one attached hydrogen (secondary N) is 1. The van der Waals surface area contributed by atoms with Crippen molar-refractivity contribution in [3.05, 3.63) is 46.2 Å². The molecule has 1 aromatic carbocycles. The zero-order chi connectivity index (χ0) is 15.1. The first-order valence-corrected chi connectivity index (χ1v) is 7.14. The molecular weight excluding hydrogens is 288 g/mol. The number of likely N-dealkylation sites (N-methyl/N-ethyl adjacent to an activating group) is 1. The van der Waals surface area contributed by atoms with Crippen LogP contribution in [0.25, 0.3) is 0 Å². The summed E-state index contributed by atoms with van der Waals surface area (Å²) in [5.41, 5.74) is 3.81. The van der Waals surface area contributed by atoms with Gasteiger partial charge in [-0.1, -0.05) is 11.6 Å². The molecule has 0 radical (unpaired) electrons. The van der Waals surface area contributed by atoms with Crippen molar-refractivity contribution < 1.29 is 4.79 Å². The molecule has 0 bridgehead atoms.